The molecule has 1 aromatic rings. The number of rotatable bonds is 2. The summed E-state index contributed by atoms with van der Waals surface area (Å²) in [5.41, 5.74) is -0.156. The number of hydrogen-bond donors (Lipinski definition) is 1. The smallest absolute Gasteiger partial charge is 0.227 e. The zero-order chi connectivity index (χ0) is 12.6. The average Bonchev–Trinajstić information content (AvgIpc) is 2.45. The average molecular weight is 254 g/mol. The van der Waals surface area contributed by atoms with E-state index in [9.17, 15) is 4.79 Å². The van der Waals surface area contributed by atoms with E-state index in [0.29, 0.717) is 0 Å². The molecular weight excluding hydrogens is 236 g/mol. The molecular formula is C11H18N4OS. The van der Waals surface area contributed by atoms with Crippen LogP contribution in [0.25, 0.3) is 0 Å². The summed E-state index contributed by atoms with van der Waals surface area (Å²) in [5, 5.41) is 12.9. The zero-order valence-electron chi connectivity index (χ0n) is 10.6. The van der Waals surface area contributed by atoms with Gasteiger partial charge in [-0.1, -0.05) is 11.3 Å². The second kappa shape index (κ2) is 4.25. The molecule has 0 aliphatic carbocycles. The molecule has 1 fully saturated rings. The molecule has 0 spiro atoms. The standard InChI is InChI=1S/C11H18N4OS/c1-7-13-14-10(17-7)15-5-8(6-15)9(16)12-11(2,3)4/h8H,5-6H2,1-4H3,(H,12,16). The number of nitrogens with zero attached hydrogens (tertiary/aromatic N) is 3. The monoisotopic (exact) mass is 254 g/mol. The minimum Gasteiger partial charge on any atom is -0.351 e. The third-order valence-electron chi connectivity index (χ3n) is 2.54. The fraction of sp³-hybridized carbons (Fsp3) is 0.727. The molecule has 0 aromatic carbocycles. The van der Waals surface area contributed by atoms with E-state index < -0.39 is 0 Å². The molecule has 0 radical (unpaired) electrons. The molecule has 1 aliphatic heterocycles. The van der Waals surface area contributed by atoms with E-state index in [4.69, 9.17) is 0 Å². The number of carbonyl (C=O) groups is 1. The van der Waals surface area contributed by atoms with E-state index in [2.05, 4.69) is 20.4 Å². The van der Waals surface area contributed by atoms with Gasteiger partial charge in [0.15, 0.2) is 0 Å². The van der Waals surface area contributed by atoms with Crippen molar-refractivity contribution < 1.29 is 4.79 Å². The Labute approximate surface area is 105 Å². The van der Waals surface area contributed by atoms with Crippen LogP contribution in [0.1, 0.15) is 25.8 Å². The number of anilines is 1. The topological polar surface area (TPSA) is 58.1 Å². The molecule has 0 atom stereocenters. The normalized spacial score (nSPS) is 16.8. The van der Waals surface area contributed by atoms with Crippen LogP contribution in [0.5, 0.6) is 0 Å². The fourth-order valence-electron chi connectivity index (χ4n) is 1.69. The Hall–Kier alpha value is -1.17. The van der Waals surface area contributed by atoms with Gasteiger partial charge in [-0.05, 0) is 27.7 Å². The second-order valence-electron chi connectivity index (χ2n) is 5.44. The van der Waals surface area contributed by atoms with Gasteiger partial charge < -0.3 is 10.2 Å². The van der Waals surface area contributed by atoms with Crippen LogP contribution in [0.3, 0.4) is 0 Å². The maximum absolute atomic E-state index is 11.9. The third kappa shape index (κ3) is 2.94. The van der Waals surface area contributed by atoms with Gasteiger partial charge in [-0.3, -0.25) is 4.79 Å². The number of amides is 1. The van der Waals surface area contributed by atoms with Crippen molar-refractivity contribution >= 4 is 22.4 Å². The highest BCUT2D eigenvalue weighted by Gasteiger charge is 2.35. The molecule has 6 heteroatoms. The molecule has 1 amide bonds. The third-order valence-corrected chi connectivity index (χ3v) is 3.44. The Kier molecular flexibility index (Phi) is 3.07. The molecule has 1 N–H and O–H groups in total. The number of hydrogen-bond acceptors (Lipinski definition) is 5. The first-order chi connectivity index (χ1) is 7.85. The van der Waals surface area contributed by atoms with Crippen molar-refractivity contribution in [3.05, 3.63) is 5.01 Å². The van der Waals surface area contributed by atoms with Crippen molar-refractivity contribution in [2.75, 3.05) is 18.0 Å². The van der Waals surface area contributed by atoms with Crippen LogP contribution in [0.4, 0.5) is 5.13 Å². The summed E-state index contributed by atoms with van der Waals surface area (Å²) < 4.78 is 0. The largest absolute Gasteiger partial charge is 0.351 e. The summed E-state index contributed by atoms with van der Waals surface area (Å²) in [4.78, 5) is 13.9. The number of carbonyl (C=O) groups excluding carboxylic acids is 1. The van der Waals surface area contributed by atoms with Crippen LogP contribution >= 0.6 is 11.3 Å². The van der Waals surface area contributed by atoms with Gasteiger partial charge in [0.25, 0.3) is 0 Å². The van der Waals surface area contributed by atoms with Crippen LogP contribution < -0.4 is 10.2 Å². The van der Waals surface area contributed by atoms with Gasteiger partial charge in [0.2, 0.25) is 11.0 Å². The number of aromatic nitrogens is 2. The van der Waals surface area contributed by atoms with E-state index in [1.165, 1.54) is 0 Å². The Bertz CT molecular complexity index is 417. The molecule has 0 saturated carbocycles. The van der Waals surface area contributed by atoms with E-state index in [1.807, 2.05) is 27.7 Å². The lowest BCUT2D eigenvalue weighted by Crippen LogP contribution is -2.56. The lowest BCUT2D eigenvalue weighted by atomic mass is 9.98. The minimum absolute atomic E-state index is 0.0819. The van der Waals surface area contributed by atoms with Crippen LogP contribution in [0.2, 0.25) is 0 Å². The first kappa shape index (κ1) is 12.3. The first-order valence-electron chi connectivity index (χ1n) is 5.72. The van der Waals surface area contributed by atoms with Crippen molar-refractivity contribution in [2.45, 2.75) is 33.2 Å². The SMILES string of the molecule is Cc1nnc(N2CC(C(=O)NC(C)(C)C)C2)s1. The Morgan fingerprint density at radius 2 is 2.06 bits per heavy atom. The molecule has 2 rings (SSSR count). The van der Waals surface area contributed by atoms with Gasteiger partial charge in [-0.15, -0.1) is 10.2 Å². The number of nitrogens with one attached hydrogen (secondary N) is 1. The lowest BCUT2D eigenvalue weighted by Gasteiger charge is -2.39. The maximum atomic E-state index is 11.9. The van der Waals surface area contributed by atoms with Crippen LogP contribution in [0, 0.1) is 12.8 Å². The van der Waals surface area contributed by atoms with Crippen LogP contribution in [-0.4, -0.2) is 34.7 Å². The summed E-state index contributed by atoms with van der Waals surface area (Å²) >= 11 is 1.57. The van der Waals surface area contributed by atoms with Gasteiger partial charge in [0, 0.05) is 18.6 Å². The summed E-state index contributed by atoms with van der Waals surface area (Å²) in [7, 11) is 0. The predicted molar refractivity (Wildman–Crippen MR) is 68.2 cm³/mol. The fourth-order valence-corrected chi connectivity index (χ4v) is 2.39. The zero-order valence-corrected chi connectivity index (χ0v) is 11.5. The predicted octanol–water partition coefficient (Wildman–Crippen LogP) is 1.20. The highest BCUT2D eigenvalue weighted by molar-refractivity contribution is 7.15. The quantitative estimate of drug-likeness (QED) is 0.861. The molecule has 1 aromatic heterocycles. The van der Waals surface area contributed by atoms with Gasteiger partial charge in [-0.2, -0.15) is 0 Å². The number of aryl methyl sites for hydroxylation is 1. The molecule has 0 bridgehead atoms. The summed E-state index contributed by atoms with van der Waals surface area (Å²) in [6.07, 6.45) is 0. The Balaban J connectivity index is 1.85. The van der Waals surface area contributed by atoms with Crippen molar-refractivity contribution in [2.24, 2.45) is 5.92 Å². The van der Waals surface area contributed by atoms with Crippen molar-refractivity contribution in [3.8, 4) is 0 Å². The van der Waals surface area contributed by atoms with Crippen molar-refractivity contribution in [1.82, 2.24) is 15.5 Å². The molecule has 1 saturated heterocycles. The van der Waals surface area contributed by atoms with Crippen LogP contribution in [-0.2, 0) is 4.79 Å². The van der Waals surface area contributed by atoms with Gasteiger partial charge in [0.05, 0.1) is 5.92 Å². The molecule has 17 heavy (non-hydrogen) atoms. The molecule has 0 unspecified atom stereocenters. The van der Waals surface area contributed by atoms with E-state index in [0.717, 1.165) is 23.2 Å². The minimum atomic E-state index is -0.156. The maximum Gasteiger partial charge on any atom is 0.227 e. The van der Waals surface area contributed by atoms with Crippen LogP contribution in [0.15, 0.2) is 0 Å². The van der Waals surface area contributed by atoms with Crippen molar-refractivity contribution in [1.29, 1.82) is 0 Å². The highest BCUT2D eigenvalue weighted by Crippen LogP contribution is 2.27. The van der Waals surface area contributed by atoms with Gasteiger partial charge in [0.1, 0.15) is 5.01 Å². The Morgan fingerprint density at radius 3 is 2.53 bits per heavy atom. The van der Waals surface area contributed by atoms with Gasteiger partial charge >= 0.3 is 0 Å². The molecule has 1 aliphatic rings. The van der Waals surface area contributed by atoms with Crippen molar-refractivity contribution in [3.63, 3.8) is 0 Å². The summed E-state index contributed by atoms with van der Waals surface area (Å²) in [6.45, 7) is 9.41. The molecule has 2 heterocycles. The Morgan fingerprint density at radius 1 is 1.41 bits per heavy atom. The summed E-state index contributed by atoms with van der Waals surface area (Å²) in [5.74, 6) is 0.216. The lowest BCUT2D eigenvalue weighted by molar-refractivity contribution is -0.127. The summed E-state index contributed by atoms with van der Waals surface area (Å²) in [6, 6.07) is 0. The van der Waals surface area contributed by atoms with E-state index in [-0.39, 0.29) is 17.4 Å². The van der Waals surface area contributed by atoms with E-state index >= 15 is 0 Å². The molecule has 5 nitrogen and oxygen atoms in total. The highest BCUT2D eigenvalue weighted by atomic mass is 32.1. The molecule has 94 valence electrons. The van der Waals surface area contributed by atoms with E-state index in [1.54, 1.807) is 11.3 Å². The second-order valence-corrected chi connectivity index (χ2v) is 6.60. The van der Waals surface area contributed by atoms with Gasteiger partial charge in [-0.25, -0.2) is 0 Å². The first-order valence-corrected chi connectivity index (χ1v) is 6.54.